The van der Waals surface area contributed by atoms with E-state index in [2.05, 4.69) is 0 Å². The average Bonchev–Trinajstić information content (AvgIpc) is 2.39. The highest BCUT2D eigenvalue weighted by Crippen LogP contribution is 2.40. The monoisotopic (exact) mass is 260 g/mol. The van der Waals surface area contributed by atoms with Gasteiger partial charge in [0.2, 0.25) is 0 Å². The Bertz CT molecular complexity index is 431. The van der Waals surface area contributed by atoms with Crippen molar-refractivity contribution in [3.63, 3.8) is 0 Å². The Labute approximate surface area is 103 Å². The molecule has 0 radical (unpaired) electrons. The second kappa shape index (κ2) is 4.52. The Kier molecular flexibility index (Phi) is 3.26. The maximum absolute atomic E-state index is 11.2. The van der Waals surface area contributed by atoms with E-state index in [1.54, 1.807) is 12.1 Å². The number of carbonyl (C=O) groups is 1. The first kappa shape index (κ1) is 11.6. The van der Waals surface area contributed by atoms with Gasteiger partial charge in [-0.05, 0) is 25.0 Å². The van der Waals surface area contributed by atoms with Crippen LogP contribution in [0.5, 0.6) is 5.75 Å². The standard InChI is InChI=1S/C11H10Cl2O3/c12-6-4-8-7(11(14)15)2-1-3-16-10(8)9(13)5-6/h4-5,7H,1-3H2,(H,14,15). The molecule has 2 rings (SSSR count). The molecule has 5 heteroatoms. The Morgan fingerprint density at radius 1 is 1.44 bits per heavy atom. The molecule has 1 atom stereocenters. The van der Waals surface area contributed by atoms with E-state index in [0.717, 1.165) is 0 Å². The molecule has 1 aliphatic heterocycles. The summed E-state index contributed by atoms with van der Waals surface area (Å²) < 4.78 is 5.46. The number of carboxylic acid groups (broad SMARTS) is 1. The zero-order chi connectivity index (χ0) is 11.7. The van der Waals surface area contributed by atoms with Gasteiger partial charge in [-0.15, -0.1) is 0 Å². The highest BCUT2D eigenvalue weighted by Gasteiger charge is 2.27. The van der Waals surface area contributed by atoms with Crippen LogP contribution in [0.2, 0.25) is 10.0 Å². The molecule has 1 unspecified atom stereocenters. The van der Waals surface area contributed by atoms with E-state index >= 15 is 0 Å². The van der Waals surface area contributed by atoms with E-state index in [9.17, 15) is 4.79 Å². The number of benzene rings is 1. The van der Waals surface area contributed by atoms with Crippen LogP contribution in [-0.2, 0) is 4.79 Å². The lowest BCUT2D eigenvalue weighted by Gasteiger charge is -2.13. The van der Waals surface area contributed by atoms with Gasteiger partial charge in [0.15, 0.2) is 0 Å². The first-order valence-corrected chi connectivity index (χ1v) is 5.69. The van der Waals surface area contributed by atoms with Crippen molar-refractivity contribution >= 4 is 29.2 Å². The molecule has 0 bridgehead atoms. The summed E-state index contributed by atoms with van der Waals surface area (Å²) in [5.74, 6) is -1.00. The van der Waals surface area contributed by atoms with Crippen molar-refractivity contribution in [2.45, 2.75) is 18.8 Å². The largest absolute Gasteiger partial charge is 0.492 e. The van der Waals surface area contributed by atoms with Gasteiger partial charge in [0.1, 0.15) is 5.75 Å². The predicted octanol–water partition coefficient (Wildman–Crippen LogP) is 3.33. The number of hydrogen-bond donors (Lipinski definition) is 1. The van der Waals surface area contributed by atoms with Crippen LogP contribution in [0, 0.1) is 0 Å². The van der Waals surface area contributed by atoms with Gasteiger partial charge < -0.3 is 9.84 Å². The number of ether oxygens (including phenoxy) is 1. The SMILES string of the molecule is O=C(O)C1CCCOc2c(Cl)cc(Cl)cc21. The Balaban J connectivity index is 2.55. The minimum Gasteiger partial charge on any atom is -0.492 e. The highest BCUT2D eigenvalue weighted by atomic mass is 35.5. The summed E-state index contributed by atoms with van der Waals surface area (Å²) in [5.41, 5.74) is 0.572. The van der Waals surface area contributed by atoms with Crippen LogP contribution in [0.15, 0.2) is 12.1 Å². The molecular formula is C11H10Cl2O3. The Morgan fingerprint density at radius 3 is 2.88 bits per heavy atom. The van der Waals surface area contributed by atoms with Crippen molar-refractivity contribution in [1.29, 1.82) is 0 Å². The van der Waals surface area contributed by atoms with Gasteiger partial charge in [-0.2, -0.15) is 0 Å². The quantitative estimate of drug-likeness (QED) is 0.843. The van der Waals surface area contributed by atoms with Gasteiger partial charge in [-0.25, -0.2) is 0 Å². The van der Waals surface area contributed by atoms with Crippen molar-refractivity contribution in [3.05, 3.63) is 27.7 Å². The topological polar surface area (TPSA) is 46.5 Å². The van der Waals surface area contributed by atoms with E-state index in [-0.39, 0.29) is 0 Å². The van der Waals surface area contributed by atoms with Crippen molar-refractivity contribution in [2.75, 3.05) is 6.61 Å². The minimum absolute atomic E-state index is 0.371. The molecule has 0 aliphatic carbocycles. The smallest absolute Gasteiger partial charge is 0.311 e. The molecule has 0 saturated heterocycles. The van der Waals surface area contributed by atoms with Crippen LogP contribution < -0.4 is 4.74 Å². The molecule has 86 valence electrons. The molecule has 1 N–H and O–H groups in total. The summed E-state index contributed by atoms with van der Waals surface area (Å²) in [7, 11) is 0. The van der Waals surface area contributed by atoms with Gasteiger partial charge in [-0.3, -0.25) is 4.79 Å². The van der Waals surface area contributed by atoms with Gasteiger partial charge in [0, 0.05) is 10.6 Å². The lowest BCUT2D eigenvalue weighted by molar-refractivity contribution is -0.138. The number of fused-ring (bicyclic) bond motifs is 1. The zero-order valence-electron chi connectivity index (χ0n) is 8.37. The van der Waals surface area contributed by atoms with Gasteiger partial charge >= 0.3 is 5.97 Å². The lowest BCUT2D eigenvalue weighted by atomic mass is 9.94. The van der Waals surface area contributed by atoms with Crippen LogP contribution in [0.25, 0.3) is 0 Å². The Morgan fingerprint density at radius 2 is 2.19 bits per heavy atom. The van der Waals surface area contributed by atoms with Crippen molar-refractivity contribution < 1.29 is 14.6 Å². The number of halogens is 2. The van der Waals surface area contributed by atoms with E-state index in [0.29, 0.717) is 40.8 Å². The normalized spacial score (nSPS) is 19.5. The van der Waals surface area contributed by atoms with Gasteiger partial charge in [-0.1, -0.05) is 23.2 Å². The van der Waals surface area contributed by atoms with E-state index in [1.165, 1.54) is 0 Å². The van der Waals surface area contributed by atoms with Crippen LogP contribution in [-0.4, -0.2) is 17.7 Å². The number of rotatable bonds is 1. The van der Waals surface area contributed by atoms with Gasteiger partial charge in [0.05, 0.1) is 17.5 Å². The van der Waals surface area contributed by atoms with Crippen molar-refractivity contribution in [1.82, 2.24) is 0 Å². The molecule has 0 spiro atoms. The molecule has 0 aromatic heterocycles. The highest BCUT2D eigenvalue weighted by molar-refractivity contribution is 6.35. The third-order valence-corrected chi connectivity index (χ3v) is 3.09. The van der Waals surface area contributed by atoms with E-state index in [1.807, 2.05) is 0 Å². The molecular weight excluding hydrogens is 251 g/mol. The summed E-state index contributed by atoms with van der Waals surface area (Å²) in [6.45, 7) is 0.484. The average molecular weight is 261 g/mol. The maximum atomic E-state index is 11.2. The molecule has 1 aromatic carbocycles. The summed E-state index contributed by atoms with van der Waals surface area (Å²) >= 11 is 11.9. The molecule has 1 heterocycles. The maximum Gasteiger partial charge on any atom is 0.311 e. The predicted molar refractivity (Wildman–Crippen MR) is 61.6 cm³/mol. The fourth-order valence-corrected chi connectivity index (χ4v) is 2.43. The van der Waals surface area contributed by atoms with E-state index in [4.69, 9.17) is 33.0 Å². The molecule has 0 saturated carbocycles. The second-order valence-electron chi connectivity index (χ2n) is 3.69. The van der Waals surface area contributed by atoms with Crippen LogP contribution in [0.1, 0.15) is 24.3 Å². The molecule has 0 fully saturated rings. The van der Waals surface area contributed by atoms with E-state index < -0.39 is 11.9 Å². The third kappa shape index (κ3) is 2.11. The summed E-state index contributed by atoms with van der Waals surface area (Å²) in [6.07, 6.45) is 1.23. The summed E-state index contributed by atoms with van der Waals surface area (Å²) in [4.78, 5) is 11.2. The van der Waals surface area contributed by atoms with Gasteiger partial charge in [0.25, 0.3) is 0 Å². The minimum atomic E-state index is -0.870. The number of hydrogen-bond acceptors (Lipinski definition) is 2. The summed E-state index contributed by atoms with van der Waals surface area (Å²) in [6, 6.07) is 3.18. The fraction of sp³-hybridized carbons (Fsp3) is 0.364. The van der Waals surface area contributed by atoms with Crippen LogP contribution >= 0.6 is 23.2 Å². The second-order valence-corrected chi connectivity index (χ2v) is 4.53. The Hall–Kier alpha value is -0.930. The van der Waals surface area contributed by atoms with Crippen molar-refractivity contribution in [2.24, 2.45) is 0 Å². The molecule has 16 heavy (non-hydrogen) atoms. The molecule has 0 amide bonds. The molecule has 3 nitrogen and oxygen atoms in total. The summed E-state index contributed by atoms with van der Waals surface area (Å²) in [5, 5.41) is 9.95. The van der Waals surface area contributed by atoms with Crippen molar-refractivity contribution in [3.8, 4) is 5.75 Å². The first-order valence-electron chi connectivity index (χ1n) is 4.94. The lowest BCUT2D eigenvalue weighted by Crippen LogP contribution is -2.11. The number of carboxylic acids is 1. The molecule has 1 aliphatic rings. The van der Waals surface area contributed by atoms with Crippen LogP contribution in [0.4, 0.5) is 0 Å². The third-order valence-electron chi connectivity index (χ3n) is 2.59. The number of aliphatic carboxylic acids is 1. The first-order chi connectivity index (χ1) is 7.59. The van der Waals surface area contributed by atoms with Crippen LogP contribution in [0.3, 0.4) is 0 Å². The fourth-order valence-electron chi connectivity index (χ4n) is 1.87. The molecule has 1 aromatic rings. The zero-order valence-corrected chi connectivity index (χ0v) is 9.88.